The Labute approximate surface area is 187 Å². The van der Waals surface area contributed by atoms with Crippen LogP contribution in [0.5, 0.6) is 0 Å². The van der Waals surface area contributed by atoms with Gasteiger partial charge in [0.1, 0.15) is 6.04 Å². The zero-order valence-corrected chi connectivity index (χ0v) is 19.5. The number of carboxylic acid groups (broad SMARTS) is 1. The van der Waals surface area contributed by atoms with Crippen molar-refractivity contribution in [3.8, 4) is 0 Å². The summed E-state index contributed by atoms with van der Waals surface area (Å²) in [5.74, 6) is -1.88. The predicted molar refractivity (Wildman–Crippen MR) is 118 cm³/mol. The van der Waals surface area contributed by atoms with Crippen LogP contribution in [0.15, 0.2) is 29.2 Å². The lowest BCUT2D eigenvalue weighted by Crippen LogP contribution is -2.51. The van der Waals surface area contributed by atoms with Gasteiger partial charge in [-0.1, -0.05) is 17.7 Å². The first kappa shape index (κ1) is 25.2. The molecule has 1 aliphatic heterocycles. The molecule has 0 unspecified atom stereocenters. The van der Waals surface area contributed by atoms with Crippen molar-refractivity contribution in [3.05, 3.63) is 29.8 Å². The molecule has 11 heteroatoms. The highest BCUT2D eigenvalue weighted by Crippen LogP contribution is 2.19. The Morgan fingerprint density at radius 1 is 1.19 bits per heavy atom. The number of amides is 2. The minimum absolute atomic E-state index is 0.0892. The van der Waals surface area contributed by atoms with Crippen LogP contribution in [0.25, 0.3) is 0 Å². The molecule has 2 atom stereocenters. The quantitative estimate of drug-likeness (QED) is 0.486. The molecular formula is C20H29N3O6S2. The topological polar surface area (TPSA) is 133 Å². The van der Waals surface area contributed by atoms with Crippen molar-refractivity contribution >= 4 is 39.6 Å². The number of thioether (sulfide) groups is 1. The molecule has 3 N–H and O–H groups in total. The summed E-state index contributed by atoms with van der Waals surface area (Å²) in [5, 5.41) is 11.7. The molecule has 1 heterocycles. The zero-order chi connectivity index (χ0) is 23.2. The zero-order valence-electron chi connectivity index (χ0n) is 17.8. The third kappa shape index (κ3) is 6.94. The summed E-state index contributed by atoms with van der Waals surface area (Å²) < 4.78 is 27.4. The third-order valence-corrected chi connectivity index (χ3v) is 7.38. The predicted octanol–water partition coefficient (Wildman–Crippen LogP) is 0.833. The van der Waals surface area contributed by atoms with Crippen molar-refractivity contribution in [1.82, 2.24) is 14.9 Å². The first-order valence-corrected chi connectivity index (χ1v) is 12.8. The largest absolute Gasteiger partial charge is 0.480 e. The van der Waals surface area contributed by atoms with E-state index in [0.717, 1.165) is 5.56 Å². The molecule has 2 rings (SSSR count). The van der Waals surface area contributed by atoms with Crippen molar-refractivity contribution < 1.29 is 27.9 Å². The lowest BCUT2D eigenvalue weighted by molar-refractivity contribution is -0.142. The number of aryl methyl sites for hydroxylation is 1. The summed E-state index contributed by atoms with van der Waals surface area (Å²) in [6.07, 6.45) is 2.54. The molecule has 9 nitrogen and oxygen atoms in total. The van der Waals surface area contributed by atoms with Crippen molar-refractivity contribution in [1.29, 1.82) is 0 Å². The van der Waals surface area contributed by atoms with Gasteiger partial charge in [0.15, 0.2) is 0 Å². The van der Waals surface area contributed by atoms with Gasteiger partial charge in [-0.25, -0.2) is 13.2 Å². The standard InChI is InChI=1S/C20H29N3O6S2/c1-13-4-6-16(7-5-13)31(28,29)22-14(2)19(25)23-10-8-15(9-11-23)18(24)21-17(12-30-3)20(26)27/h4-7,14-15,17,22H,8-12H2,1-3H3,(H,21,24)(H,26,27)/t14-,17-/m0/s1. The number of benzene rings is 1. The van der Waals surface area contributed by atoms with E-state index < -0.39 is 28.1 Å². The molecular weight excluding hydrogens is 442 g/mol. The van der Waals surface area contributed by atoms with E-state index >= 15 is 0 Å². The summed E-state index contributed by atoms with van der Waals surface area (Å²) >= 11 is 1.33. The van der Waals surface area contributed by atoms with E-state index in [0.29, 0.717) is 25.9 Å². The number of nitrogens with zero attached hydrogens (tertiary/aromatic N) is 1. The van der Waals surface area contributed by atoms with Gasteiger partial charge in [0.25, 0.3) is 0 Å². The Hall–Kier alpha value is -2.11. The Kier molecular flexibility index (Phi) is 8.90. The Morgan fingerprint density at radius 3 is 2.29 bits per heavy atom. The first-order valence-electron chi connectivity index (χ1n) is 9.95. The van der Waals surface area contributed by atoms with Gasteiger partial charge in [-0.15, -0.1) is 0 Å². The van der Waals surface area contributed by atoms with Gasteiger partial charge >= 0.3 is 5.97 Å². The van der Waals surface area contributed by atoms with Crippen molar-refractivity contribution in [3.63, 3.8) is 0 Å². The number of carbonyl (C=O) groups is 3. The van der Waals surface area contributed by atoms with Gasteiger partial charge in [0.05, 0.1) is 10.9 Å². The molecule has 0 aromatic heterocycles. The van der Waals surface area contributed by atoms with Crippen LogP contribution in [0.3, 0.4) is 0 Å². The highest BCUT2D eigenvalue weighted by molar-refractivity contribution is 7.98. The van der Waals surface area contributed by atoms with Crippen molar-refractivity contribution in [2.75, 3.05) is 25.1 Å². The Balaban J connectivity index is 1.90. The van der Waals surface area contributed by atoms with E-state index in [1.54, 1.807) is 18.4 Å². The van der Waals surface area contributed by atoms with E-state index in [9.17, 15) is 27.9 Å². The summed E-state index contributed by atoms with van der Waals surface area (Å²) in [5.41, 5.74) is 0.929. The average Bonchev–Trinajstić information content (AvgIpc) is 2.72. The molecule has 0 aliphatic carbocycles. The van der Waals surface area contributed by atoms with E-state index in [-0.39, 0.29) is 28.4 Å². The number of likely N-dealkylation sites (tertiary alicyclic amines) is 1. The average molecular weight is 472 g/mol. The van der Waals surface area contributed by atoms with Crippen molar-refractivity contribution in [2.24, 2.45) is 5.92 Å². The highest BCUT2D eigenvalue weighted by atomic mass is 32.2. The highest BCUT2D eigenvalue weighted by Gasteiger charge is 2.32. The second-order valence-electron chi connectivity index (χ2n) is 7.61. The van der Waals surface area contributed by atoms with Crippen LogP contribution in [-0.2, 0) is 24.4 Å². The fraction of sp³-hybridized carbons (Fsp3) is 0.550. The molecule has 31 heavy (non-hydrogen) atoms. The van der Waals surface area contributed by atoms with Gasteiger partial charge in [-0.05, 0) is 45.1 Å². The van der Waals surface area contributed by atoms with E-state index in [2.05, 4.69) is 10.0 Å². The number of nitrogens with one attached hydrogen (secondary N) is 2. The van der Waals surface area contributed by atoms with E-state index in [4.69, 9.17) is 0 Å². The lowest BCUT2D eigenvalue weighted by Gasteiger charge is -2.33. The monoisotopic (exact) mass is 471 g/mol. The van der Waals surface area contributed by atoms with E-state index in [1.165, 1.54) is 35.7 Å². The molecule has 1 aliphatic rings. The maximum Gasteiger partial charge on any atom is 0.327 e. The number of hydrogen-bond acceptors (Lipinski definition) is 6. The number of hydrogen-bond donors (Lipinski definition) is 3. The first-order chi connectivity index (χ1) is 14.5. The number of piperidine rings is 1. The van der Waals surface area contributed by atoms with Gasteiger partial charge in [-0.2, -0.15) is 16.5 Å². The van der Waals surface area contributed by atoms with Crippen LogP contribution in [0.1, 0.15) is 25.3 Å². The van der Waals surface area contributed by atoms with Gasteiger partial charge < -0.3 is 15.3 Å². The number of carboxylic acids is 1. The molecule has 0 radical (unpaired) electrons. The van der Waals surface area contributed by atoms with Crippen LogP contribution < -0.4 is 10.0 Å². The number of aliphatic carboxylic acids is 1. The van der Waals surface area contributed by atoms with Crippen LogP contribution in [0.4, 0.5) is 0 Å². The summed E-state index contributed by atoms with van der Waals surface area (Å²) in [6, 6.07) is 4.45. The smallest absolute Gasteiger partial charge is 0.327 e. The minimum atomic E-state index is -3.83. The molecule has 0 bridgehead atoms. The molecule has 0 spiro atoms. The van der Waals surface area contributed by atoms with Gasteiger partial charge in [-0.3, -0.25) is 9.59 Å². The Morgan fingerprint density at radius 2 is 1.77 bits per heavy atom. The molecule has 172 valence electrons. The SMILES string of the molecule is CSC[C@H](NC(=O)C1CCN(C(=O)[C@H](C)NS(=O)(=O)c2ccc(C)cc2)CC1)C(=O)O. The normalized spacial score (nSPS) is 17.1. The minimum Gasteiger partial charge on any atom is -0.480 e. The number of sulfonamides is 1. The summed E-state index contributed by atoms with van der Waals surface area (Å²) in [4.78, 5) is 37.9. The van der Waals surface area contributed by atoms with Crippen LogP contribution in [0, 0.1) is 12.8 Å². The lowest BCUT2D eigenvalue weighted by atomic mass is 9.95. The maximum absolute atomic E-state index is 12.7. The second kappa shape index (κ2) is 11.0. The fourth-order valence-corrected chi connectivity index (χ4v) is 5.09. The van der Waals surface area contributed by atoms with Gasteiger partial charge in [0, 0.05) is 24.8 Å². The van der Waals surface area contributed by atoms with Gasteiger partial charge in [0.2, 0.25) is 21.8 Å². The number of rotatable bonds is 9. The molecule has 2 amide bonds. The van der Waals surface area contributed by atoms with E-state index in [1.807, 2.05) is 6.92 Å². The Bertz CT molecular complexity index is 896. The summed E-state index contributed by atoms with van der Waals surface area (Å²) in [7, 11) is -3.83. The fourth-order valence-electron chi connectivity index (χ4n) is 3.34. The second-order valence-corrected chi connectivity index (χ2v) is 10.2. The molecule has 1 fully saturated rings. The molecule has 1 saturated heterocycles. The molecule has 1 aromatic rings. The maximum atomic E-state index is 12.7. The van der Waals surface area contributed by atoms with Crippen LogP contribution >= 0.6 is 11.8 Å². The van der Waals surface area contributed by atoms with Crippen LogP contribution in [-0.4, -0.2) is 73.4 Å². The number of carbonyl (C=O) groups excluding carboxylic acids is 2. The molecule has 0 saturated carbocycles. The van der Waals surface area contributed by atoms with Crippen molar-refractivity contribution in [2.45, 2.75) is 43.7 Å². The summed E-state index contributed by atoms with van der Waals surface area (Å²) in [6.45, 7) is 3.94. The molecule has 1 aromatic carbocycles. The van der Waals surface area contributed by atoms with Crippen LogP contribution in [0.2, 0.25) is 0 Å². The third-order valence-electron chi connectivity index (χ3n) is 5.16.